The number of nitrogens with zero attached hydrogens (tertiary/aromatic N) is 1. The van der Waals surface area contributed by atoms with E-state index < -0.39 is 5.82 Å². The number of amides is 1. The zero-order valence-electron chi connectivity index (χ0n) is 13.6. The van der Waals surface area contributed by atoms with Gasteiger partial charge in [0, 0.05) is 10.9 Å². The van der Waals surface area contributed by atoms with Crippen molar-refractivity contribution in [3.8, 4) is 17.0 Å². The monoisotopic (exact) mass is 454 g/mol. The van der Waals surface area contributed by atoms with E-state index in [0.29, 0.717) is 31.6 Å². The van der Waals surface area contributed by atoms with Crippen LogP contribution in [-0.4, -0.2) is 18.0 Å². The highest BCUT2D eigenvalue weighted by molar-refractivity contribution is 9.10. The highest BCUT2D eigenvalue weighted by Crippen LogP contribution is 2.31. The number of hydrogen-bond donors (Lipinski definition) is 1. The predicted molar refractivity (Wildman–Crippen MR) is 106 cm³/mol. The maximum atomic E-state index is 14.0. The van der Waals surface area contributed by atoms with Crippen molar-refractivity contribution in [2.24, 2.45) is 0 Å². The minimum atomic E-state index is -0.435. The molecule has 0 aliphatic rings. The molecule has 0 atom stereocenters. The van der Waals surface area contributed by atoms with Gasteiger partial charge in [0.1, 0.15) is 11.6 Å². The van der Waals surface area contributed by atoms with Crippen molar-refractivity contribution in [3.05, 3.63) is 62.7 Å². The molecular weight excluding hydrogens is 443 g/mol. The third-order valence-electron chi connectivity index (χ3n) is 3.58. The van der Waals surface area contributed by atoms with Gasteiger partial charge in [0.05, 0.1) is 28.7 Å². The molecule has 26 heavy (non-hydrogen) atoms. The number of nitrogens with one attached hydrogen (secondary N) is 1. The largest absolute Gasteiger partial charge is 0.495 e. The standard InChI is InChI=1S/C18H13BrClFN2O2S/c1-25-15-6-5-10(7-13(15)20)14-9-26-18(22-14)23-16(24)8-11-3-2-4-12(19)17(11)21/h2-7,9H,8H2,1H3,(H,22,23,24). The van der Waals surface area contributed by atoms with Crippen LogP contribution >= 0.6 is 38.9 Å². The van der Waals surface area contributed by atoms with Gasteiger partial charge < -0.3 is 10.1 Å². The van der Waals surface area contributed by atoms with E-state index >= 15 is 0 Å². The fraction of sp³-hybridized carbons (Fsp3) is 0.111. The molecule has 0 aliphatic carbocycles. The lowest BCUT2D eigenvalue weighted by Gasteiger charge is -2.05. The topological polar surface area (TPSA) is 51.2 Å². The van der Waals surface area contributed by atoms with E-state index in [2.05, 4.69) is 26.2 Å². The van der Waals surface area contributed by atoms with Crippen LogP contribution in [0.2, 0.25) is 5.02 Å². The lowest BCUT2D eigenvalue weighted by molar-refractivity contribution is -0.115. The lowest BCUT2D eigenvalue weighted by Crippen LogP contribution is -2.15. The number of halogens is 3. The Morgan fingerprint density at radius 3 is 2.92 bits per heavy atom. The summed E-state index contributed by atoms with van der Waals surface area (Å²) in [4.78, 5) is 16.5. The van der Waals surface area contributed by atoms with Crippen molar-refractivity contribution >= 4 is 49.9 Å². The fourth-order valence-corrected chi connectivity index (χ4v) is 3.71. The van der Waals surface area contributed by atoms with Crippen LogP contribution in [0.25, 0.3) is 11.3 Å². The normalized spacial score (nSPS) is 10.6. The molecule has 0 saturated carbocycles. The van der Waals surface area contributed by atoms with Crippen LogP contribution in [0.15, 0.2) is 46.3 Å². The number of methoxy groups -OCH3 is 1. The summed E-state index contributed by atoms with van der Waals surface area (Å²) in [5.41, 5.74) is 1.81. The zero-order chi connectivity index (χ0) is 18.7. The number of thiazole rings is 1. The molecule has 0 spiro atoms. The number of hydrogen-bond acceptors (Lipinski definition) is 4. The van der Waals surface area contributed by atoms with Crippen molar-refractivity contribution < 1.29 is 13.9 Å². The molecule has 1 N–H and O–H groups in total. The van der Waals surface area contributed by atoms with Crippen molar-refractivity contribution in [2.45, 2.75) is 6.42 Å². The molecule has 8 heteroatoms. The SMILES string of the molecule is COc1ccc(-c2csc(NC(=O)Cc3cccc(Br)c3F)n2)cc1Cl. The maximum Gasteiger partial charge on any atom is 0.230 e. The van der Waals surface area contributed by atoms with Crippen molar-refractivity contribution in [3.63, 3.8) is 0 Å². The minimum Gasteiger partial charge on any atom is -0.495 e. The van der Waals surface area contributed by atoms with Crippen LogP contribution in [-0.2, 0) is 11.2 Å². The Bertz CT molecular complexity index is 964. The van der Waals surface area contributed by atoms with E-state index in [1.807, 2.05) is 11.4 Å². The summed E-state index contributed by atoms with van der Waals surface area (Å²) in [6, 6.07) is 10.2. The number of anilines is 1. The second-order valence-corrected chi connectivity index (χ2v) is 7.44. The van der Waals surface area contributed by atoms with Crippen LogP contribution in [0.4, 0.5) is 9.52 Å². The van der Waals surface area contributed by atoms with Gasteiger partial charge in [0.2, 0.25) is 5.91 Å². The first-order valence-corrected chi connectivity index (χ1v) is 9.55. The maximum absolute atomic E-state index is 14.0. The van der Waals surface area contributed by atoms with Crippen molar-refractivity contribution in [1.29, 1.82) is 0 Å². The smallest absolute Gasteiger partial charge is 0.230 e. The number of benzene rings is 2. The number of ether oxygens (including phenoxy) is 1. The second kappa shape index (κ2) is 8.16. The van der Waals surface area contributed by atoms with Gasteiger partial charge in [-0.2, -0.15) is 0 Å². The molecule has 3 aromatic rings. The van der Waals surface area contributed by atoms with Crippen LogP contribution in [0.5, 0.6) is 5.75 Å². The molecule has 0 unspecified atom stereocenters. The average Bonchev–Trinajstić information content (AvgIpc) is 3.07. The molecule has 3 rings (SSSR count). The van der Waals surface area contributed by atoms with E-state index in [9.17, 15) is 9.18 Å². The number of aromatic nitrogens is 1. The van der Waals surface area contributed by atoms with Gasteiger partial charge in [0.15, 0.2) is 5.13 Å². The molecule has 2 aromatic carbocycles. The van der Waals surface area contributed by atoms with Crippen LogP contribution in [0, 0.1) is 5.82 Å². The Balaban J connectivity index is 1.71. The average molecular weight is 456 g/mol. The highest BCUT2D eigenvalue weighted by Gasteiger charge is 2.13. The summed E-state index contributed by atoms with van der Waals surface area (Å²) in [5.74, 6) is -0.193. The molecule has 1 heterocycles. The number of carbonyl (C=O) groups is 1. The van der Waals surface area contributed by atoms with E-state index in [1.54, 1.807) is 37.4 Å². The lowest BCUT2D eigenvalue weighted by atomic mass is 10.1. The van der Waals surface area contributed by atoms with E-state index in [0.717, 1.165) is 5.56 Å². The summed E-state index contributed by atoms with van der Waals surface area (Å²) < 4.78 is 19.4. The van der Waals surface area contributed by atoms with Gasteiger partial charge in [-0.05, 0) is 45.8 Å². The molecular formula is C18H13BrClFN2O2S. The Labute approximate surface area is 167 Å². The van der Waals surface area contributed by atoms with Gasteiger partial charge in [-0.3, -0.25) is 4.79 Å². The first kappa shape index (κ1) is 18.8. The molecule has 0 saturated heterocycles. The van der Waals surface area contributed by atoms with Crippen molar-refractivity contribution in [1.82, 2.24) is 4.98 Å². The van der Waals surface area contributed by atoms with Crippen molar-refractivity contribution in [2.75, 3.05) is 12.4 Å². The summed E-state index contributed by atoms with van der Waals surface area (Å²) in [5, 5.41) is 5.42. The molecule has 1 amide bonds. The molecule has 4 nitrogen and oxygen atoms in total. The number of carbonyl (C=O) groups excluding carboxylic acids is 1. The Morgan fingerprint density at radius 1 is 1.38 bits per heavy atom. The van der Waals surface area contributed by atoms with Gasteiger partial charge >= 0.3 is 0 Å². The van der Waals surface area contributed by atoms with E-state index in [4.69, 9.17) is 16.3 Å². The van der Waals surface area contributed by atoms with Gasteiger partial charge in [0.25, 0.3) is 0 Å². The van der Waals surface area contributed by atoms with Crippen LogP contribution in [0.3, 0.4) is 0 Å². The summed E-state index contributed by atoms with van der Waals surface area (Å²) >= 11 is 10.5. The highest BCUT2D eigenvalue weighted by atomic mass is 79.9. The number of rotatable bonds is 5. The second-order valence-electron chi connectivity index (χ2n) is 5.33. The zero-order valence-corrected chi connectivity index (χ0v) is 16.7. The molecule has 0 fully saturated rings. The Hall–Kier alpha value is -1.96. The van der Waals surface area contributed by atoms with Crippen LogP contribution in [0.1, 0.15) is 5.56 Å². The third kappa shape index (κ3) is 4.23. The molecule has 134 valence electrons. The molecule has 1 aromatic heterocycles. The van der Waals surface area contributed by atoms with Gasteiger partial charge in [-0.25, -0.2) is 9.37 Å². The van der Waals surface area contributed by atoms with Crippen LogP contribution < -0.4 is 10.1 Å². The first-order chi connectivity index (χ1) is 12.5. The molecule has 0 bridgehead atoms. The van der Waals surface area contributed by atoms with Gasteiger partial charge in [-0.15, -0.1) is 11.3 Å². The predicted octanol–water partition coefficient (Wildman–Crippen LogP) is 5.55. The molecule has 0 radical (unpaired) electrons. The Kier molecular flexibility index (Phi) is 5.90. The Morgan fingerprint density at radius 2 is 2.19 bits per heavy atom. The third-order valence-corrected chi connectivity index (χ3v) is 5.25. The summed E-state index contributed by atoms with van der Waals surface area (Å²) in [6.07, 6.45) is -0.0749. The van der Waals surface area contributed by atoms with Gasteiger partial charge in [-0.1, -0.05) is 23.7 Å². The summed E-state index contributed by atoms with van der Waals surface area (Å²) in [6.45, 7) is 0. The quantitative estimate of drug-likeness (QED) is 0.548. The first-order valence-electron chi connectivity index (χ1n) is 7.50. The van der Waals surface area contributed by atoms with E-state index in [-0.39, 0.29) is 12.3 Å². The molecule has 0 aliphatic heterocycles. The summed E-state index contributed by atoms with van der Waals surface area (Å²) in [7, 11) is 1.55. The fourth-order valence-electron chi connectivity index (χ4n) is 2.31. The minimum absolute atomic E-state index is 0.0749. The van der Waals surface area contributed by atoms with E-state index in [1.165, 1.54) is 11.3 Å².